The zero-order valence-corrected chi connectivity index (χ0v) is 9.72. The molecule has 2 unspecified atom stereocenters. The van der Waals surface area contributed by atoms with Gasteiger partial charge >= 0.3 is 0 Å². The van der Waals surface area contributed by atoms with E-state index < -0.39 is 0 Å². The molecule has 0 spiro atoms. The summed E-state index contributed by atoms with van der Waals surface area (Å²) < 4.78 is 3.64. The SMILES string of the molecule is O=C(NCC1CCCC1Cl)c1cnns1. The highest BCUT2D eigenvalue weighted by molar-refractivity contribution is 7.07. The standard InChI is InChI=1S/C9H12ClN3OS/c10-7-3-1-2-6(7)4-11-9(14)8-5-12-13-15-8/h5-7H,1-4H2,(H,11,14). The number of carbonyl (C=O) groups excluding carboxylic acids is 1. The van der Waals surface area contributed by atoms with E-state index in [9.17, 15) is 4.79 Å². The van der Waals surface area contributed by atoms with Gasteiger partial charge in [-0.15, -0.1) is 16.7 Å². The van der Waals surface area contributed by atoms with Crippen LogP contribution >= 0.6 is 23.1 Å². The van der Waals surface area contributed by atoms with Crippen LogP contribution in [-0.4, -0.2) is 27.4 Å². The average molecular weight is 246 g/mol. The molecule has 0 saturated heterocycles. The molecule has 1 aromatic rings. The highest BCUT2D eigenvalue weighted by atomic mass is 35.5. The molecule has 2 atom stereocenters. The van der Waals surface area contributed by atoms with Crippen LogP contribution in [0.4, 0.5) is 0 Å². The first-order valence-corrected chi connectivity index (χ1v) is 6.18. The van der Waals surface area contributed by atoms with Crippen molar-refractivity contribution in [2.24, 2.45) is 5.92 Å². The summed E-state index contributed by atoms with van der Waals surface area (Å²) in [6, 6.07) is 0. The molecule has 1 saturated carbocycles. The van der Waals surface area contributed by atoms with E-state index in [1.807, 2.05) is 0 Å². The fourth-order valence-electron chi connectivity index (χ4n) is 1.80. The highest BCUT2D eigenvalue weighted by Gasteiger charge is 2.25. The van der Waals surface area contributed by atoms with Gasteiger partial charge in [0.1, 0.15) is 4.88 Å². The van der Waals surface area contributed by atoms with Gasteiger partial charge in [-0.1, -0.05) is 10.9 Å². The molecule has 1 aromatic heterocycles. The van der Waals surface area contributed by atoms with E-state index in [4.69, 9.17) is 11.6 Å². The summed E-state index contributed by atoms with van der Waals surface area (Å²) in [4.78, 5) is 12.1. The molecule has 0 aliphatic heterocycles. The molecule has 0 bridgehead atoms. The first-order chi connectivity index (χ1) is 7.27. The van der Waals surface area contributed by atoms with Crippen LogP contribution in [0.2, 0.25) is 0 Å². The summed E-state index contributed by atoms with van der Waals surface area (Å²) in [5, 5.41) is 6.70. The summed E-state index contributed by atoms with van der Waals surface area (Å²) in [6.07, 6.45) is 4.81. The molecule has 15 heavy (non-hydrogen) atoms. The predicted octanol–water partition coefficient (Wildman–Crippen LogP) is 1.68. The van der Waals surface area contributed by atoms with Gasteiger partial charge in [-0.25, -0.2) is 0 Å². The lowest BCUT2D eigenvalue weighted by Gasteiger charge is -2.13. The molecule has 1 N–H and O–H groups in total. The van der Waals surface area contributed by atoms with Crippen LogP contribution in [-0.2, 0) is 0 Å². The minimum absolute atomic E-state index is 0.0965. The third kappa shape index (κ3) is 2.66. The summed E-state index contributed by atoms with van der Waals surface area (Å²) in [6.45, 7) is 0.658. The Morgan fingerprint density at radius 2 is 2.53 bits per heavy atom. The Morgan fingerprint density at radius 3 is 3.13 bits per heavy atom. The van der Waals surface area contributed by atoms with Gasteiger partial charge in [-0.05, 0) is 30.3 Å². The number of hydrogen-bond acceptors (Lipinski definition) is 4. The Labute approximate surface area is 97.2 Å². The van der Waals surface area contributed by atoms with Gasteiger partial charge in [0.25, 0.3) is 5.91 Å². The van der Waals surface area contributed by atoms with Crippen LogP contribution < -0.4 is 5.32 Å². The predicted molar refractivity (Wildman–Crippen MR) is 59.2 cm³/mol. The van der Waals surface area contributed by atoms with Crippen molar-refractivity contribution in [1.29, 1.82) is 0 Å². The second-order valence-electron chi connectivity index (χ2n) is 3.70. The molecule has 1 aliphatic carbocycles. The van der Waals surface area contributed by atoms with Crippen LogP contribution in [0.3, 0.4) is 0 Å². The lowest BCUT2D eigenvalue weighted by atomic mass is 10.1. The number of rotatable bonds is 3. The monoisotopic (exact) mass is 245 g/mol. The third-order valence-corrected chi connectivity index (χ3v) is 3.91. The molecule has 6 heteroatoms. The van der Waals surface area contributed by atoms with Crippen LogP contribution in [0, 0.1) is 5.92 Å². The van der Waals surface area contributed by atoms with Crippen molar-refractivity contribution in [2.45, 2.75) is 24.6 Å². The Hall–Kier alpha value is -0.680. The molecule has 82 valence electrons. The zero-order valence-electron chi connectivity index (χ0n) is 8.15. The number of amides is 1. The van der Waals surface area contributed by atoms with E-state index in [-0.39, 0.29) is 11.3 Å². The molecule has 1 aliphatic rings. The van der Waals surface area contributed by atoms with E-state index in [2.05, 4.69) is 14.9 Å². The smallest absolute Gasteiger partial charge is 0.264 e. The molecule has 2 rings (SSSR count). The van der Waals surface area contributed by atoms with Crippen LogP contribution in [0.15, 0.2) is 6.20 Å². The fourth-order valence-corrected chi connectivity index (χ4v) is 2.60. The highest BCUT2D eigenvalue weighted by Crippen LogP contribution is 2.29. The van der Waals surface area contributed by atoms with E-state index >= 15 is 0 Å². The molecular weight excluding hydrogens is 234 g/mol. The number of alkyl halides is 1. The molecule has 0 radical (unpaired) electrons. The maximum absolute atomic E-state index is 11.5. The Kier molecular flexibility index (Phi) is 3.53. The normalized spacial score (nSPS) is 25.4. The van der Waals surface area contributed by atoms with Gasteiger partial charge in [0.2, 0.25) is 0 Å². The second kappa shape index (κ2) is 4.90. The van der Waals surface area contributed by atoms with Gasteiger partial charge in [0.15, 0.2) is 0 Å². The summed E-state index contributed by atoms with van der Waals surface area (Å²) in [7, 11) is 0. The summed E-state index contributed by atoms with van der Waals surface area (Å²) in [5.41, 5.74) is 0. The number of aromatic nitrogens is 2. The largest absolute Gasteiger partial charge is 0.351 e. The Bertz CT molecular complexity index is 330. The van der Waals surface area contributed by atoms with E-state index in [0.717, 1.165) is 30.8 Å². The number of hydrogen-bond donors (Lipinski definition) is 1. The average Bonchev–Trinajstić information content (AvgIpc) is 2.85. The lowest BCUT2D eigenvalue weighted by molar-refractivity contribution is 0.0951. The van der Waals surface area contributed by atoms with E-state index in [0.29, 0.717) is 17.3 Å². The van der Waals surface area contributed by atoms with Gasteiger partial charge < -0.3 is 5.32 Å². The second-order valence-corrected chi connectivity index (χ2v) is 5.05. The number of carbonyl (C=O) groups is 1. The number of nitrogens with one attached hydrogen (secondary N) is 1. The minimum Gasteiger partial charge on any atom is -0.351 e. The van der Waals surface area contributed by atoms with Crippen molar-refractivity contribution >= 4 is 29.0 Å². The summed E-state index contributed by atoms with van der Waals surface area (Å²) >= 11 is 7.22. The molecular formula is C9H12ClN3OS. The molecule has 1 fully saturated rings. The topological polar surface area (TPSA) is 54.9 Å². The van der Waals surface area contributed by atoms with Gasteiger partial charge in [0, 0.05) is 11.9 Å². The van der Waals surface area contributed by atoms with E-state index in [1.54, 1.807) is 0 Å². The van der Waals surface area contributed by atoms with Crippen LogP contribution in [0.1, 0.15) is 28.9 Å². The van der Waals surface area contributed by atoms with Crippen molar-refractivity contribution in [3.63, 3.8) is 0 Å². The lowest BCUT2D eigenvalue weighted by Crippen LogP contribution is -2.30. The van der Waals surface area contributed by atoms with Crippen molar-refractivity contribution in [3.05, 3.63) is 11.1 Å². The first-order valence-electron chi connectivity index (χ1n) is 4.97. The van der Waals surface area contributed by atoms with Crippen molar-refractivity contribution < 1.29 is 4.79 Å². The van der Waals surface area contributed by atoms with Crippen molar-refractivity contribution in [2.75, 3.05) is 6.54 Å². The Morgan fingerprint density at radius 1 is 1.67 bits per heavy atom. The van der Waals surface area contributed by atoms with Crippen LogP contribution in [0.25, 0.3) is 0 Å². The third-order valence-electron chi connectivity index (χ3n) is 2.68. The van der Waals surface area contributed by atoms with Gasteiger partial charge in [-0.2, -0.15) is 0 Å². The van der Waals surface area contributed by atoms with Crippen molar-refractivity contribution in [1.82, 2.24) is 14.9 Å². The molecule has 4 nitrogen and oxygen atoms in total. The maximum Gasteiger partial charge on any atom is 0.264 e. The number of nitrogens with zero attached hydrogens (tertiary/aromatic N) is 2. The first kappa shape index (κ1) is 10.8. The molecule has 1 heterocycles. The Balaban J connectivity index is 1.81. The van der Waals surface area contributed by atoms with E-state index in [1.165, 1.54) is 6.20 Å². The fraction of sp³-hybridized carbons (Fsp3) is 0.667. The zero-order chi connectivity index (χ0) is 10.7. The quantitative estimate of drug-likeness (QED) is 0.825. The van der Waals surface area contributed by atoms with Gasteiger partial charge in [-0.3, -0.25) is 4.79 Å². The van der Waals surface area contributed by atoms with Gasteiger partial charge in [0.05, 0.1) is 6.20 Å². The van der Waals surface area contributed by atoms with Crippen LogP contribution in [0.5, 0.6) is 0 Å². The molecule has 0 aromatic carbocycles. The maximum atomic E-state index is 11.5. The number of halogens is 1. The van der Waals surface area contributed by atoms with Crippen molar-refractivity contribution in [3.8, 4) is 0 Å². The summed E-state index contributed by atoms with van der Waals surface area (Å²) in [5.74, 6) is 0.317. The molecule has 1 amide bonds. The minimum atomic E-state index is -0.0965.